The van der Waals surface area contributed by atoms with Crippen molar-refractivity contribution in [1.29, 1.82) is 0 Å². The van der Waals surface area contributed by atoms with Gasteiger partial charge in [0.15, 0.2) is 5.78 Å². The number of aryl methyl sites for hydroxylation is 1. The van der Waals surface area contributed by atoms with Gasteiger partial charge >= 0.3 is 0 Å². The van der Waals surface area contributed by atoms with E-state index in [1.807, 2.05) is 31.2 Å². The van der Waals surface area contributed by atoms with E-state index in [2.05, 4.69) is 6.58 Å². The third kappa shape index (κ3) is 2.50. The number of aromatic hydroxyl groups is 1. The number of Topliss-reactive ketones (excluding diaryl/α,β-unsaturated/α-hetero) is 1. The molecule has 0 saturated heterocycles. The van der Waals surface area contributed by atoms with Gasteiger partial charge in [0.2, 0.25) is 0 Å². The standard InChI is InChI=1S/C19H18O3/c1-3-4-14-9-10-16-18(19(14)21)15(20)11-17(22-16)13-7-5-12(2)6-8-13/h3,5-10,17,21H,1,4,11H2,2H3. The maximum atomic E-state index is 12.4. The van der Waals surface area contributed by atoms with E-state index in [0.717, 1.165) is 11.1 Å². The van der Waals surface area contributed by atoms with Gasteiger partial charge in [-0.1, -0.05) is 42.0 Å². The van der Waals surface area contributed by atoms with E-state index >= 15 is 0 Å². The summed E-state index contributed by atoms with van der Waals surface area (Å²) < 4.78 is 5.94. The van der Waals surface area contributed by atoms with Gasteiger partial charge in [-0.3, -0.25) is 4.79 Å². The third-order valence-corrected chi connectivity index (χ3v) is 3.96. The SMILES string of the molecule is C=CCc1ccc2c(c1O)C(=O)CC(c1ccc(C)cc1)O2. The topological polar surface area (TPSA) is 46.5 Å². The molecule has 1 aliphatic rings. The molecule has 0 radical (unpaired) electrons. The van der Waals surface area contributed by atoms with E-state index in [1.165, 1.54) is 0 Å². The molecule has 3 heteroatoms. The van der Waals surface area contributed by atoms with E-state index < -0.39 is 0 Å². The molecule has 0 aromatic heterocycles. The summed E-state index contributed by atoms with van der Waals surface area (Å²) in [6.45, 7) is 5.68. The molecule has 3 rings (SSSR count). The smallest absolute Gasteiger partial charge is 0.174 e. The summed E-state index contributed by atoms with van der Waals surface area (Å²) in [4.78, 5) is 12.4. The van der Waals surface area contributed by atoms with E-state index in [0.29, 0.717) is 23.3 Å². The van der Waals surface area contributed by atoms with Crippen LogP contribution in [0, 0.1) is 6.92 Å². The molecule has 0 aliphatic carbocycles. The summed E-state index contributed by atoms with van der Waals surface area (Å²) in [5.74, 6) is 0.382. The predicted molar refractivity (Wildman–Crippen MR) is 85.5 cm³/mol. The highest BCUT2D eigenvalue weighted by Gasteiger charge is 2.30. The fourth-order valence-corrected chi connectivity index (χ4v) is 2.74. The Bertz CT molecular complexity index is 729. The minimum absolute atomic E-state index is 0.0183. The van der Waals surface area contributed by atoms with Crippen molar-refractivity contribution in [3.63, 3.8) is 0 Å². The normalized spacial score (nSPS) is 16.8. The first-order valence-electron chi connectivity index (χ1n) is 7.32. The molecule has 0 spiro atoms. The van der Waals surface area contributed by atoms with Crippen molar-refractivity contribution in [2.75, 3.05) is 0 Å². The lowest BCUT2D eigenvalue weighted by atomic mass is 9.93. The van der Waals surface area contributed by atoms with Crippen LogP contribution in [0.2, 0.25) is 0 Å². The van der Waals surface area contributed by atoms with Gasteiger partial charge in [-0.15, -0.1) is 6.58 Å². The second kappa shape index (κ2) is 5.68. The van der Waals surface area contributed by atoms with Crippen molar-refractivity contribution in [2.24, 2.45) is 0 Å². The summed E-state index contributed by atoms with van der Waals surface area (Å²) in [5, 5.41) is 10.3. The molecular weight excluding hydrogens is 276 g/mol. The first-order chi connectivity index (χ1) is 10.6. The molecule has 1 aliphatic heterocycles. The highest BCUT2D eigenvalue weighted by atomic mass is 16.5. The molecule has 0 amide bonds. The number of hydrogen-bond acceptors (Lipinski definition) is 3. The van der Waals surface area contributed by atoms with Crippen molar-refractivity contribution in [2.45, 2.75) is 25.9 Å². The third-order valence-electron chi connectivity index (χ3n) is 3.96. The summed E-state index contributed by atoms with van der Waals surface area (Å²) in [5.41, 5.74) is 3.12. The van der Waals surface area contributed by atoms with Gasteiger partial charge in [0.05, 0.1) is 6.42 Å². The number of carbonyl (C=O) groups excluding carboxylic acids is 1. The monoisotopic (exact) mass is 294 g/mol. The van der Waals surface area contributed by atoms with E-state index in [-0.39, 0.29) is 24.1 Å². The number of allylic oxidation sites excluding steroid dienone is 1. The van der Waals surface area contributed by atoms with Crippen LogP contribution in [-0.4, -0.2) is 10.9 Å². The molecule has 1 atom stereocenters. The van der Waals surface area contributed by atoms with E-state index in [1.54, 1.807) is 18.2 Å². The maximum Gasteiger partial charge on any atom is 0.174 e. The number of rotatable bonds is 3. The van der Waals surface area contributed by atoms with Gasteiger partial charge in [0.1, 0.15) is 23.2 Å². The number of phenols is 1. The Labute approximate surface area is 129 Å². The number of hydrogen-bond donors (Lipinski definition) is 1. The molecule has 0 fully saturated rings. The number of ether oxygens (including phenoxy) is 1. The maximum absolute atomic E-state index is 12.4. The number of ketones is 1. The Morgan fingerprint density at radius 2 is 2.00 bits per heavy atom. The van der Waals surface area contributed by atoms with Crippen molar-refractivity contribution < 1.29 is 14.6 Å². The van der Waals surface area contributed by atoms with Crippen LogP contribution in [0.5, 0.6) is 11.5 Å². The van der Waals surface area contributed by atoms with Gasteiger partial charge in [-0.25, -0.2) is 0 Å². The Balaban J connectivity index is 1.96. The van der Waals surface area contributed by atoms with Gasteiger partial charge in [-0.05, 0) is 30.5 Å². The summed E-state index contributed by atoms with van der Waals surface area (Å²) in [6, 6.07) is 11.5. The number of fused-ring (bicyclic) bond motifs is 1. The fraction of sp³-hybridized carbons (Fsp3) is 0.211. The lowest BCUT2D eigenvalue weighted by molar-refractivity contribution is 0.0845. The first-order valence-corrected chi connectivity index (χ1v) is 7.32. The summed E-state index contributed by atoms with van der Waals surface area (Å²) in [6.07, 6.45) is 2.16. The lowest BCUT2D eigenvalue weighted by Gasteiger charge is -2.26. The van der Waals surface area contributed by atoms with Gasteiger partial charge < -0.3 is 9.84 Å². The zero-order chi connectivity index (χ0) is 15.7. The van der Waals surface area contributed by atoms with Crippen LogP contribution in [0.15, 0.2) is 49.1 Å². The van der Waals surface area contributed by atoms with Gasteiger partial charge in [0.25, 0.3) is 0 Å². The molecule has 112 valence electrons. The van der Waals surface area contributed by atoms with Crippen molar-refractivity contribution in [3.8, 4) is 11.5 Å². The Kier molecular flexibility index (Phi) is 3.72. The molecule has 2 aromatic carbocycles. The predicted octanol–water partition coefficient (Wildman–Crippen LogP) is 4.14. The molecule has 1 heterocycles. The van der Waals surface area contributed by atoms with Crippen LogP contribution in [0.3, 0.4) is 0 Å². The molecule has 22 heavy (non-hydrogen) atoms. The van der Waals surface area contributed by atoms with Gasteiger partial charge in [-0.2, -0.15) is 0 Å². The second-order valence-corrected chi connectivity index (χ2v) is 5.58. The number of carbonyl (C=O) groups is 1. The Hall–Kier alpha value is -2.55. The van der Waals surface area contributed by atoms with Crippen LogP contribution in [-0.2, 0) is 6.42 Å². The van der Waals surface area contributed by atoms with Crippen LogP contribution in [0.1, 0.15) is 39.6 Å². The molecule has 1 N–H and O–H groups in total. The summed E-state index contributed by atoms with van der Waals surface area (Å²) in [7, 11) is 0. The number of benzene rings is 2. The molecular formula is C19H18O3. The zero-order valence-electron chi connectivity index (χ0n) is 12.5. The molecule has 1 unspecified atom stereocenters. The molecule has 3 nitrogen and oxygen atoms in total. The molecule has 2 aromatic rings. The Morgan fingerprint density at radius 3 is 2.68 bits per heavy atom. The zero-order valence-corrected chi connectivity index (χ0v) is 12.5. The molecule has 0 saturated carbocycles. The highest BCUT2D eigenvalue weighted by Crippen LogP contribution is 2.40. The van der Waals surface area contributed by atoms with Crippen molar-refractivity contribution >= 4 is 5.78 Å². The average molecular weight is 294 g/mol. The van der Waals surface area contributed by atoms with E-state index in [9.17, 15) is 9.90 Å². The summed E-state index contributed by atoms with van der Waals surface area (Å²) >= 11 is 0. The second-order valence-electron chi connectivity index (χ2n) is 5.58. The van der Waals surface area contributed by atoms with E-state index in [4.69, 9.17) is 4.74 Å². The van der Waals surface area contributed by atoms with Crippen molar-refractivity contribution in [1.82, 2.24) is 0 Å². The van der Waals surface area contributed by atoms with Crippen LogP contribution in [0.25, 0.3) is 0 Å². The minimum Gasteiger partial charge on any atom is -0.507 e. The first kappa shape index (κ1) is 14.4. The largest absolute Gasteiger partial charge is 0.507 e. The van der Waals surface area contributed by atoms with Crippen LogP contribution < -0.4 is 4.74 Å². The van der Waals surface area contributed by atoms with Gasteiger partial charge in [0, 0.05) is 0 Å². The average Bonchev–Trinajstić information content (AvgIpc) is 2.50. The fourth-order valence-electron chi connectivity index (χ4n) is 2.74. The quantitative estimate of drug-likeness (QED) is 0.866. The number of phenolic OH excluding ortho intramolecular Hbond substituents is 1. The Morgan fingerprint density at radius 1 is 1.27 bits per heavy atom. The van der Waals surface area contributed by atoms with Crippen molar-refractivity contribution in [3.05, 3.63) is 71.3 Å². The molecule has 0 bridgehead atoms. The highest BCUT2D eigenvalue weighted by molar-refractivity contribution is 6.02. The minimum atomic E-state index is -0.301. The van der Waals surface area contributed by atoms with Crippen LogP contribution >= 0.6 is 0 Å². The lowest BCUT2D eigenvalue weighted by Crippen LogP contribution is -2.20. The van der Waals surface area contributed by atoms with Crippen LogP contribution in [0.4, 0.5) is 0 Å².